The molecule has 0 unspecified atom stereocenters. The maximum Gasteiger partial charge on any atom is 0.255 e. The summed E-state index contributed by atoms with van der Waals surface area (Å²) in [6.07, 6.45) is 6.80. The van der Waals surface area contributed by atoms with Crippen LogP contribution < -0.4 is 5.32 Å². The van der Waals surface area contributed by atoms with Crippen LogP contribution in [0.2, 0.25) is 0 Å². The zero-order chi connectivity index (χ0) is 12.3. The molecule has 1 aliphatic carbocycles. The Morgan fingerprint density at radius 2 is 2.00 bits per heavy atom. The molecule has 1 radical (unpaired) electrons. The number of hydrogen-bond donors (Lipinski definition) is 1. The van der Waals surface area contributed by atoms with Gasteiger partial charge in [-0.15, -0.1) is 0 Å². The third-order valence-electron chi connectivity index (χ3n) is 2.62. The maximum absolute atomic E-state index is 12.7. The molecule has 0 heterocycles. The Kier molecular flexibility index (Phi) is 3.38. The van der Waals surface area contributed by atoms with E-state index in [9.17, 15) is 9.18 Å². The number of amides is 1. The lowest BCUT2D eigenvalue weighted by Gasteiger charge is -2.13. The third kappa shape index (κ3) is 2.81. The number of benzene rings is 1. The van der Waals surface area contributed by atoms with E-state index < -0.39 is 0 Å². The summed E-state index contributed by atoms with van der Waals surface area (Å²) in [7, 11) is 0. The Labute approximate surface area is 99.8 Å². The van der Waals surface area contributed by atoms with Crippen LogP contribution in [-0.2, 0) is 0 Å². The number of rotatable bonds is 2. The number of halogens is 1. The molecule has 87 valence electrons. The predicted octanol–water partition coefficient (Wildman–Crippen LogP) is 2.99. The third-order valence-corrected chi connectivity index (χ3v) is 2.62. The van der Waals surface area contributed by atoms with E-state index in [4.69, 9.17) is 0 Å². The van der Waals surface area contributed by atoms with Gasteiger partial charge in [-0.3, -0.25) is 4.79 Å². The van der Waals surface area contributed by atoms with Crippen molar-refractivity contribution in [1.29, 1.82) is 0 Å². The molecule has 1 aliphatic rings. The van der Waals surface area contributed by atoms with Gasteiger partial charge in [0.2, 0.25) is 0 Å². The van der Waals surface area contributed by atoms with E-state index >= 15 is 0 Å². The highest BCUT2D eigenvalue weighted by atomic mass is 19.1. The van der Waals surface area contributed by atoms with E-state index in [1.807, 2.05) is 25.5 Å². The fourth-order valence-electron chi connectivity index (χ4n) is 1.61. The van der Waals surface area contributed by atoms with E-state index in [0.29, 0.717) is 5.56 Å². The molecular formula is C14H13FNO. The molecule has 0 aliphatic heterocycles. The molecule has 0 saturated heterocycles. The van der Waals surface area contributed by atoms with Crippen molar-refractivity contribution in [3.05, 3.63) is 65.5 Å². The molecule has 0 bridgehead atoms. The second-order valence-corrected chi connectivity index (χ2v) is 3.90. The second-order valence-electron chi connectivity index (χ2n) is 3.90. The maximum atomic E-state index is 12.7. The van der Waals surface area contributed by atoms with E-state index in [0.717, 1.165) is 17.7 Å². The number of carbonyl (C=O) groups is 1. The first-order chi connectivity index (χ1) is 8.16. The van der Waals surface area contributed by atoms with Crippen molar-refractivity contribution in [3.8, 4) is 0 Å². The van der Waals surface area contributed by atoms with Crippen LogP contribution in [0.5, 0.6) is 0 Å². The molecule has 1 aromatic rings. The monoisotopic (exact) mass is 230 g/mol. The van der Waals surface area contributed by atoms with Crippen molar-refractivity contribution < 1.29 is 9.18 Å². The van der Waals surface area contributed by atoms with Gasteiger partial charge >= 0.3 is 0 Å². The standard InChI is InChI=1S/C14H13FNO/c1-10-4-2-3-5-13(10)16-14(17)11-6-8-12(15)9-7-11/h3-9H,2H2,1H3,(H,16,17). The second kappa shape index (κ2) is 4.95. The molecule has 1 N–H and O–H groups in total. The van der Waals surface area contributed by atoms with Gasteiger partial charge in [0.1, 0.15) is 5.82 Å². The summed E-state index contributed by atoms with van der Waals surface area (Å²) in [5.74, 6) is -0.567. The number of allylic oxidation sites excluding steroid dienone is 3. The molecule has 2 rings (SSSR count). The minimum Gasteiger partial charge on any atom is -0.322 e. The van der Waals surface area contributed by atoms with Crippen LogP contribution in [0, 0.1) is 12.2 Å². The quantitative estimate of drug-likeness (QED) is 0.831. The van der Waals surface area contributed by atoms with Crippen LogP contribution in [0.4, 0.5) is 4.39 Å². The SMILES string of the molecule is CC1=C(NC(=O)c2ccc(F)cc2)C=CC[CH]1. The first kappa shape index (κ1) is 11.6. The average molecular weight is 230 g/mol. The van der Waals surface area contributed by atoms with E-state index in [1.54, 1.807) is 0 Å². The molecule has 17 heavy (non-hydrogen) atoms. The highest BCUT2D eigenvalue weighted by molar-refractivity contribution is 5.95. The molecule has 1 aromatic carbocycles. The smallest absolute Gasteiger partial charge is 0.255 e. The lowest BCUT2D eigenvalue weighted by atomic mass is 10.0. The Morgan fingerprint density at radius 1 is 1.29 bits per heavy atom. The lowest BCUT2D eigenvalue weighted by molar-refractivity contribution is 0.0966. The molecule has 0 atom stereocenters. The van der Waals surface area contributed by atoms with Crippen molar-refractivity contribution in [2.45, 2.75) is 13.3 Å². The summed E-state index contributed by atoms with van der Waals surface area (Å²) >= 11 is 0. The van der Waals surface area contributed by atoms with Gasteiger partial charge in [0.25, 0.3) is 5.91 Å². The zero-order valence-corrected chi connectivity index (χ0v) is 9.53. The summed E-state index contributed by atoms with van der Waals surface area (Å²) in [5.41, 5.74) is 2.29. The molecule has 0 aromatic heterocycles. The van der Waals surface area contributed by atoms with E-state index in [-0.39, 0.29) is 11.7 Å². The number of hydrogen-bond acceptors (Lipinski definition) is 1. The molecule has 2 nitrogen and oxygen atoms in total. The molecular weight excluding hydrogens is 217 g/mol. The average Bonchev–Trinajstić information content (AvgIpc) is 2.33. The summed E-state index contributed by atoms with van der Waals surface area (Å²) in [6.45, 7) is 1.95. The summed E-state index contributed by atoms with van der Waals surface area (Å²) in [5, 5.41) is 2.80. The van der Waals surface area contributed by atoms with E-state index in [1.165, 1.54) is 24.3 Å². The Bertz CT molecular complexity index is 485. The highest BCUT2D eigenvalue weighted by Crippen LogP contribution is 2.15. The highest BCUT2D eigenvalue weighted by Gasteiger charge is 2.10. The normalized spacial score (nSPS) is 14.9. The summed E-state index contributed by atoms with van der Waals surface area (Å²) < 4.78 is 12.7. The zero-order valence-electron chi connectivity index (χ0n) is 9.53. The minimum absolute atomic E-state index is 0.223. The van der Waals surface area contributed by atoms with Crippen molar-refractivity contribution >= 4 is 5.91 Å². The predicted molar refractivity (Wildman–Crippen MR) is 64.6 cm³/mol. The Balaban J connectivity index is 2.12. The van der Waals surface area contributed by atoms with Gasteiger partial charge in [0.05, 0.1) is 0 Å². The Morgan fingerprint density at radius 3 is 2.65 bits per heavy atom. The van der Waals surface area contributed by atoms with Crippen molar-refractivity contribution in [3.63, 3.8) is 0 Å². The van der Waals surface area contributed by atoms with Crippen molar-refractivity contribution in [1.82, 2.24) is 5.32 Å². The van der Waals surface area contributed by atoms with Gasteiger partial charge in [0.15, 0.2) is 0 Å². The van der Waals surface area contributed by atoms with Gasteiger partial charge in [-0.1, -0.05) is 6.08 Å². The van der Waals surface area contributed by atoms with Crippen LogP contribution in [0.1, 0.15) is 23.7 Å². The number of carbonyl (C=O) groups excluding carboxylic acids is 1. The van der Waals surface area contributed by atoms with Crippen LogP contribution >= 0.6 is 0 Å². The van der Waals surface area contributed by atoms with Crippen LogP contribution in [0.25, 0.3) is 0 Å². The number of nitrogens with one attached hydrogen (secondary N) is 1. The largest absolute Gasteiger partial charge is 0.322 e. The summed E-state index contributed by atoms with van der Waals surface area (Å²) in [4.78, 5) is 11.9. The van der Waals surface area contributed by atoms with Gasteiger partial charge in [-0.05, 0) is 55.7 Å². The molecule has 0 saturated carbocycles. The Hall–Kier alpha value is -1.90. The molecule has 3 heteroatoms. The minimum atomic E-state index is -0.345. The topological polar surface area (TPSA) is 29.1 Å². The molecule has 0 fully saturated rings. The lowest BCUT2D eigenvalue weighted by Crippen LogP contribution is -2.23. The van der Waals surface area contributed by atoms with Gasteiger partial charge in [-0.25, -0.2) is 4.39 Å². The van der Waals surface area contributed by atoms with Gasteiger partial charge in [0, 0.05) is 11.3 Å². The molecule has 1 amide bonds. The van der Waals surface area contributed by atoms with Crippen LogP contribution in [-0.4, -0.2) is 5.91 Å². The van der Waals surface area contributed by atoms with Crippen molar-refractivity contribution in [2.24, 2.45) is 0 Å². The first-order valence-electron chi connectivity index (χ1n) is 5.44. The van der Waals surface area contributed by atoms with E-state index in [2.05, 4.69) is 5.32 Å². The fraction of sp³-hybridized carbons (Fsp3) is 0.143. The first-order valence-corrected chi connectivity index (χ1v) is 5.44. The van der Waals surface area contributed by atoms with Crippen LogP contribution in [0.15, 0.2) is 47.7 Å². The van der Waals surface area contributed by atoms with Gasteiger partial charge < -0.3 is 5.32 Å². The van der Waals surface area contributed by atoms with Crippen LogP contribution in [0.3, 0.4) is 0 Å². The van der Waals surface area contributed by atoms with Crippen molar-refractivity contribution in [2.75, 3.05) is 0 Å². The molecule has 0 spiro atoms. The summed E-state index contributed by atoms with van der Waals surface area (Å²) in [6, 6.07) is 5.49. The van der Waals surface area contributed by atoms with Gasteiger partial charge in [-0.2, -0.15) is 0 Å². The fourth-order valence-corrected chi connectivity index (χ4v) is 1.61.